The van der Waals surface area contributed by atoms with Crippen LogP contribution in [0.15, 0.2) is 77.5 Å². The van der Waals surface area contributed by atoms with Crippen molar-refractivity contribution in [1.82, 2.24) is 35.1 Å². The van der Waals surface area contributed by atoms with Crippen molar-refractivity contribution in [2.75, 3.05) is 13.1 Å². The van der Waals surface area contributed by atoms with Crippen molar-refractivity contribution in [2.24, 2.45) is 0 Å². The van der Waals surface area contributed by atoms with E-state index in [0.29, 0.717) is 50.0 Å². The molecule has 0 radical (unpaired) electrons. The molecule has 0 atom stereocenters. The number of likely N-dealkylation sites (tertiary alicyclic amines) is 1. The minimum Gasteiger partial charge on any atom is -0.489 e. The van der Waals surface area contributed by atoms with Crippen LogP contribution in [0.25, 0.3) is 44.9 Å². The first kappa shape index (κ1) is 30.5. The minimum absolute atomic E-state index is 0.00496. The topological polar surface area (TPSA) is 122 Å². The van der Waals surface area contributed by atoms with Gasteiger partial charge in [-0.2, -0.15) is 16.6 Å². The largest absolute Gasteiger partial charge is 0.489 e. The standard InChI is InChI=1S/C37H37N7O3S/c45-30-14-17-43(18-15-30)37(46)26-8-12-32(27-16-19-48-23-27)28(20-26)22-47-31-10-6-24(7-11-31)36-38-33-21-25(35-39-41-42-40-35)9-13-34(33)44(36)29-4-2-1-3-5-29/h6-13,16,19-21,23,29-30,45H,1-5,14-15,17-18,22H2,(H,39,40,41,42). The molecule has 1 aliphatic heterocycles. The number of nitrogens with one attached hydrogen (secondary N) is 1. The Morgan fingerprint density at radius 1 is 0.917 bits per heavy atom. The van der Waals surface area contributed by atoms with Gasteiger partial charge in [-0.25, -0.2) is 4.98 Å². The number of carbonyl (C=O) groups excluding carboxylic acids is 1. The van der Waals surface area contributed by atoms with Crippen LogP contribution in [-0.2, 0) is 6.61 Å². The number of imidazole rings is 1. The van der Waals surface area contributed by atoms with Gasteiger partial charge in [0.2, 0.25) is 5.82 Å². The highest BCUT2D eigenvalue weighted by Gasteiger charge is 2.25. The highest BCUT2D eigenvalue weighted by atomic mass is 32.1. The first-order valence-corrected chi connectivity index (χ1v) is 17.7. The van der Waals surface area contributed by atoms with Gasteiger partial charge in [0.1, 0.15) is 18.2 Å². The van der Waals surface area contributed by atoms with Gasteiger partial charge < -0.3 is 19.3 Å². The number of tetrazole rings is 1. The Hall–Kier alpha value is -4.87. The molecule has 1 saturated heterocycles. The lowest BCUT2D eigenvalue weighted by Gasteiger charge is -2.29. The van der Waals surface area contributed by atoms with E-state index in [1.54, 1.807) is 11.3 Å². The number of aliphatic hydroxyl groups excluding tert-OH is 1. The zero-order valence-corrected chi connectivity index (χ0v) is 27.4. The number of amides is 1. The Balaban J connectivity index is 1.06. The third-order valence-electron chi connectivity index (χ3n) is 9.68. The quantitative estimate of drug-likeness (QED) is 0.176. The third kappa shape index (κ3) is 6.11. The molecule has 1 amide bonds. The van der Waals surface area contributed by atoms with Crippen LogP contribution in [-0.4, -0.2) is 65.3 Å². The van der Waals surface area contributed by atoms with Crippen molar-refractivity contribution in [3.05, 3.63) is 88.6 Å². The normalized spacial score (nSPS) is 16.1. The number of benzene rings is 3. The second-order valence-corrected chi connectivity index (χ2v) is 13.5. The van der Waals surface area contributed by atoms with Crippen LogP contribution in [0, 0.1) is 0 Å². The number of aromatic amines is 1. The summed E-state index contributed by atoms with van der Waals surface area (Å²) in [6.45, 7) is 1.46. The molecule has 11 heteroatoms. The fourth-order valence-electron chi connectivity index (χ4n) is 7.09. The Kier molecular flexibility index (Phi) is 8.46. The molecule has 0 unspecified atom stereocenters. The van der Waals surface area contributed by atoms with Crippen LogP contribution in [0.2, 0.25) is 0 Å². The fraction of sp³-hybridized carbons (Fsp3) is 0.324. The molecule has 0 spiro atoms. The molecule has 1 aliphatic carbocycles. The number of nitrogens with zero attached hydrogens (tertiary/aromatic N) is 6. The number of hydrogen-bond donors (Lipinski definition) is 2. The molecule has 3 aromatic carbocycles. The number of rotatable bonds is 8. The van der Waals surface area contributed by atoms with Crippen molar-refractivity contribution in [2.45, 2.75) is 63.7 Å². The van der Waals surface area contributed by atoms with Crippen molar-refractivity contribution < 1.29 is 14.6 Å². The number of ether oxygens (including phenoxy) is 1. The second kappa shape index (κ2) is 13.3. The van der Waals surface area contributed by atoms with Gasteiger partial charge >= 0.3 is 0 Å². The van der Waals surface area contributed by atoms with Gasteiger partial charge in [0.25, 0.3) is 5.91 Å². The maximum Gasteiger partial charge on any atom is 0.253 e. The maximum atomic E-state index is 13.4. The molecule has 4 heterocycles. The van der Waals surface area contributed by atoms with Crippen LogP contribution < -0.4 is 4.74 Å². The molecular formula is C37H37N7O3S. The Morgan fingerprint density at radius 2 is 1.73 bits per heavy atom. The SMILES string of the molecule is O=C(c1ccc(-c2ccsc2)c(COc2ccc(-c3nc4cc(-c5nn[nH]n5)ccc4n3C3CCCCC3)cc2)c1)N1CCC(O)CC1. The van der Waals surface area contributed by atoms with Crippen LogP contribution in [0.3, 0.4) is 0 Å². The summed E-state index contributed by atoms with van der Waals surface area (Å²) in [4.78, 5) is 20.4. The number of thiophene rings is 1. The number of piperidine rings is 1. The maximum absolute atomic E-state index is 13.4. The molecule has 2 aliphatic rings. The number of carbonyl (C=O) groups is 1. The molecule has 2 N–H and O–H groups in total. The van der Waals surface area contributed by atoms with Gasteiger partial charge in [-0.15, -0.1) is 10.2 Å². The summed E-state index contributed by atoms with van der Waals surface area (Å²) in [5, 5.41) is 28.6. The Bertz CT molecular complexity index is 2010. The fourth-order valence-corrected chi connectivity index (χ4v) is 7.75. The zero-order valence-electron chi connectivity index (χ0n) is 26.6. The van der Waals surface area contributed by atoms with Crippen LogP contribution in [0.1, 0.15) is 66.9 Å². The second-order valence-electron chi connectivity index (χ2n) is 12.8. The van der Waals surface area contributed by atoms with E-state index in [2.05, 4.69) is 60.2 Å². The van der Waals surface area contributed by atoms with Crippen molar-refractivity contribution in [1.29, 1.82) is 0 Å². The highest BCUT2D eigenvalue weighted by molar-refractivity contribution is 7.08. The van der Waals surface area contributed by atoms with Gasteiger partial charge in [0, 0.05) is 35.8 Å². The van der Waals surface area contributed by atoms with Crippen LogP contribution in [0.4, 0.5) is 0 Å². The molecule has 244 valence electrons. The monoisotopic (exact) mass is 659 g/mol. The van der Waals surface area contributed by atoms with E-state index in [1.165, 1.54) is 19.3 Å². The smallest absolute Gasteiger partial charge is 0.253 e. The van der Waals surface area contributed by atoms with Crippen molar-refractivity contribution in [3.63, 3.8) is 0 Å². The Morgan fingerprint density at radius 3 is 2.48 bits per heavy atom. The summed E-state index contributed by atoms with van der Waals surface area (Å²) in [6.07, 6.45) is 6.90. The van der Waals surface area contributed by atoms with Crippen molar-refractivity contribution in [3.8, 4) is 39.7 Å². The van der Waals surface area contributed by atoms with Gasteiger partial charge in [0.15, 0.2) is 0 Å². The average molecular weight is 660 g/mol. The lowest BCUT2D eigenvalue weighted by Crippen LogP contribution is -2.40. The predicted molar refractivity (Wildman–Crippen MR) is 186 cm³/mol. The Labute approximate surface area is 282 Å². The number of fused-ring (bicyclic) bond motifs is 1. The van der Waals surface area contributed by atoms with E-state index in [9.17, 15) is 9.90 Å². The first-order valence-electron chi connectivity index (χ1n) is 16.7. The summed E-state index contributed by atoms with van der Waals surface area (Å²) in [5.41, 5.74) is 7.69. The number of aliphatic hydroxyl groups is 1. The molecule has 8 rings (SSSR count). The number of H-pyrrole nitrogens is 1. The average Bonchev–Trinajstić information content (AvgIpc) is 3.93. The molecule has 0 bridgehead atoms. The lowest BCUT2D eigenvalue weighted by atomic mass is 9.95. The molecule has 6 aromatic rings. The number of hydrogen-bond acceptors (Lipinski definition) is 8. The molecular weight excluding hydrogens is 623 g/mol. The molecule has 48 heavy (non-hydrogen) atoms. The molecule has 1 saturated carbocycles. The van der Waals surface area contributed by atoms with E-state index in [4.69, 9.17) is 9.72 Å². The van der Waals surface area contributed by atoms with Crippen LogP contribution >= 0.6 is 11.3 Å². The zero-order chi connectivity index (χ0) is 32.5. The predicted octanol–water partition coefficient (Wildman–Crippen LogP) is 7.29. The lowest BCUT2D eigenvalue weighted by molar-refractivity contribution is 0.0546. The molecule has 2 fully saturated rings. The van der Waals surface area contributed by atoms with Gasteiger partial charge in [-0.1, -0.05) is 25.3 Å². The molecule has 10 nitrogen and oxygen atoms in total. The molecule has 3 aromatic heterocycles. The van der Waals surface area contributed by atoms with Gasteiger partial charge in [0.05, 0.1) is 17.1 Å². The van der Waals surface area contributed by atoms with E-state index in [1.807, 2.05) is 47.4 Å². The minimum atomic E-state index is -0.327. The summed E-state index contributed by atoms with van der Waals surface area (Å²) in [7, 11) is 0. The van der Waals surface area contributed by atoms with E-state index < -0.39 is 0 Å². The number of aromatic nitrogens is 6. The first-order chi connectivity index (χ1) is 23.6. The highest BCUT2D eigenvalue weighted by Crippen LogP contribution is 2.37. The van der Waals surface area contributed by atoms with E-state index >= 15 is 0 Å². The van der Waals surface area contributed by atoms with Gasteiger partial charge in [-0.05, 0) is 119 Å². The van der Waals surface area contributed by atoms with Crippen molar-refractivity contribution >= 4 is 28.3 Å². The van der Waals surface area contributed by atoms with Crippen LogP contribution in [0.5, 0.6) is 5.75 Å². The van der Waals surface area contributed by atoms with E-state index in [-0.39, 0.29) is 12.0 Å². The third-order valence-corrected chi connectivity index (χ3v) is 10.4. The summed E-state index contributed by atoms with van der Waals surface area (Å²) in [6, 6.07) is 22.8. The summed E-state index contributed by atoms with van der Waals surface area (Å²) >= 11 is 1.65. The van der Waals surface area contributed by atoms with Gasteiger partial charge in [-0.3, -0.25) is 4.79 Å². The van der Waals surface area contributed by atoms with E-state index in [0.717, 1.165) is 63.3 Å². The summed E-state index contributed by atoms with van der Waals surface area (Å²) < 4.78 is 8.79. The summed E-state index contributed by atoms with van der Waals surface area (Å²) in [5.74, 6) is 2.24.